The average molecular weight is 330 g/mol. The van der Waals surface area contributed by atoms with Crippen molar-refractivity contribution in [2.45, 2.75) is 24.9 Å². The number of aromatic nitrogens is 2. The Bertz CT molecular complexity index is 584. The van der Waals surface area contributed by atoms with Crippen molar-refractivity contribution in [2.24, 2.45) is 5.41 Å². The number of halogens is 1. The van der Waals surface area contributed by atoms with Crippen LogP contribution in [0.15, 0.2) is 11.4 Å². The van der Waals surface area contributed by atoms with Crippen molar-refractivity contribution < 1.29 is 14.7 Å². The van der Waals surface area contributed by atoms with Crippen molar-refractivity contribution in [1.29, 1.82) is 0 Å². The molecule has 0 saturated carbocycles. The van der Waals surface area contributed by atoms with E-state index in [0.29, 0.717) is 24.5 Å². The molecule has 1 saturated heterocycles. The number of nitrogens with zero attached hydrogens (tertiary/aromatic N) is 3. The Morgan fingerprint density at radius 1 is 1.52 bits per heavy atom. The van der Waals surface area contributed by atoms with Crippen molar-refractivity contribution in [2.75, 3.05) is 19.3 Å². The van der Waals surface area contributed by atoms with Crippen molar-refractivity contribution >= 4 is 35.2 Å². The van der Waals surface area contributed by atoms with E-state index in [9.17, 15) is 14.7 Å². The topological polar surface area (TPSA) is 83.4 Å². The summed E-state index contributed by atoms with van der Waals surface area (Å²) in [6.45, 7) is 2.33. The summed E-state index contributed by atoms with van der Waals surface area (Å²) in [5, 5.41) is 9.95. The van der Waals surface area contributed by atoms with E-state index in [-0.39, 0.29) is 23.2 Å². The van der Waals surface area contributed by atoms with E-state index in [1.54, 1.807) is 13.2 Å². The van der Waals surface area contributed by atoms with Gasteiger partial charge in [-0.15, -0.1) is 0 Å². The number of carboxylic acid groups (broad SMARTS) is 1. The molecular formula is C13H16ClN3O3S. The van der Waals surface area contributed by atoms with Crippen LogP contribution < -0.4 is 0 Å². The molecule has 0 bridgehead atoms. The zero-order valence-corrected chi connectivity index (χ0v) is 13.4. The molecule has 8 heteroatoms. The van der Waals surface area contributed by atoms with Gasteiger partial charge in [0, 0.05) is 13.1 Å². The predicted molar refractivity (Wildman–Crippen MR) is 79.7 cm³/mol. The monoisotopic (exact) mass is 329 g/mol. The molecule has 1 aliphatic rings. The number of rotatable bonds is 3. The molecular weight excluding hydrogens is 314 g/mol. The second kappa shape index (κ2) is 6.19. The van der Waals surface area contributed by atoms with E-state index in [1.165, 1.54) is 22.9 Å². The van der Waals surface area contributed by atoms with E-state index in [0.717, 1.165) is 0 Å². The average Bonchev–Trinajstić information content (AvgIpc) is 2.47. The number of hydrogen-bond donors (Lipinski definition) is 1. The van der Waals surface area contributed by atoms with Crippen LogP contribution in [0.25, 0.3) is 0 Å². The SMILES string of the molecule is CSc1ncc(Cl)c(C(=O)N2CCCC(C)(C(=O)O)C2)n1. The zero-order chi connectivity index (χ0) is 15.6. The van der Waals surface area contributed by atoms with Gasteiger partial charge in [-0.2, -0.15) is 0 Å². The van der Waals surface area contributed by atoms with Gasteiger partial charge in [0.2, 0.25) is 0 Å². The van der Waals surface area contributed by atoms with Gasteiger partial charge in [-0.25, -0.2) is 9.97 Å². The molecule has 0 spiro atoms. The van der Waals surface area contributed by atoms with Crippen LogP contribution in [0.2, 0.25) is 5.02 Å². The van der Waals surface area contributed by atoms with E-state index >= 15 is 0 Å². The van der Waals surface area contributed by atoms with Gasteiger partial charge in [0.05, 0.1) is 16.6 Å². The molecule has 1 fully saturated rings. The number of hydrogen-bond acceptors (Lipinski definition) is 5. The summed E-state index contributed by atoms with van der Waals surface area (Å²) in [7, 11) is 0. The number of thioether (sulfide) groups is 1. The quantitative estimate of drug-likeness (QED) is 0.676. The molecule has 2 heterocycles. The third-order valence-electron chi connectivity index (χ3n) is 3.61. The van der Waals surface area contributed by atoms with Crippen LogP contribution in [-0.4, -0.2) is 51.2 Å². The number of carbonyl (C=O) groups excluding carboxylic acids is 1. The van der Waals surface area contributed by atoms with Crippen molar-refractivity contribution in [3.8, 4) is 0 Å². The smallest absolute Gasteiger partial charge is 0.311 e. The normalized spacial score (nSPS) is 22.1. The van der Waals surface area contributed by atoms with Gasteiger partial charge < -0.3 is 10.0 Å². The lowest BCUT2D eigenvalue weighted by Gasteiger charge is -2.37. The van der Waals surface area contributed by atoms with Crippen LogP contribution in [-0.2, 0) is 4.79 Å². The molecule has 1 aliphatic heterocycles. The molecule has 1 amide bonds. The maximum Gasteiger partial charge on any atom is 0.311 e. The Morgan fingerprint density at radius 2 is 2.24 bits per heavy atom. The highest BCUT2D eigenvalue weighted by Crippen LogP contribution is 2.31. The van der Waals surface area contributed by atoms with Gasteiger partial charge in [-0.05, 0) is 26.0 Å². The highest BCUT2D eigenvalue weighted by atomic mass is 35.5. The molecule has 1 aromatic heterocycles. The molecule has 114 valence electrons. The van der Waals surface area contributed by atoms with E-state index < -0.39 is 11.4 Å². The molecule has 0 radical (unpaired) electrons. The summed E-state index contributed by atoms with van der Waals surface area (Å²) in [5.74, 6) is -1.23. The highest BCUT2D eigenvalue weighted by Gasteiger charge is 2.40. The number of likely N-dealkylation sites (tertiary alicyclic amines) is 1. The number of piperidine rings is 1. The molecule has 1 aromatic rings. The Hall–Kier alpha value is -1.34. The number of amides is 1. The number of aliphatic carboxylic acids is 1. The molecule has 2 rings (SSSR count). The fraction of sp³-hybridized carbons (Fsp3) is 0.538. The molecule has 1 unspecified atom stereocenters. The Morgan fingerprint density at radius 3 is 2.86 bits per heavy atom. The molecule has 1 N–H and O–H groups in total. The first-order chi connectivity index (χ1) is 9.87. The standard InChI is InChI=1S/C13H16ClN3O3S/c1-13(11(19)20)4-3-5-17(7-13)10(18)9-8(14)6-15-12(16-9)21-2/h6H,3-5,7H2,1-2H3,(H,19,20). The molecule has 0 aromatic carbocycles. The third-order valence-corrected chi connectivity index (χ3v) is 4.45. The van der Waals surface area contributed by atoms with Crippen LogP contribution in [0.4, 0.5) is 0 Å². The molecule has 0 aliphatic carbocycles. The van der Waals surface area contributed by atoms with Gasteiger partial charge in [0.15, 0.2) is 10.9 Å². The third kappa shape index (κ3) is 3.29. The summed E-state index contributed by atoms with van der Waals surface area (Å²) in [4.78, 5) is 33.5. The van der Waals surface area contributed by atoms with Gasteiger partial charge in [0.1, 0.15) is 0 Å². The van der Waals surface area contributed by atoms with Crippen LogP contribution >= 0.6 is 23.4 Å². The molecule has 21 heavy (non-hydrogen) atoms. The predicted octanol–water partition coefficient (Wildman–Crippen LogP) is 2.18. The minimum absolute atomic E-state index is 0.130. The Kier molecular flexibility index (Phi) is 4.73. The molecule has 6 nitrogen and oxygen atoms in total. The van der Waals surface area contributed by atoms with Crippen molar-refractivity contribution in [1.82, 2.24) is 14.9 Å². The summed E-state index contributed by atoms with van der Waals surface area (Å²) in [6, 6.07) is 0. The van der Waals surface area contributed by atoms with Crippen LogP contribution in [0.3, 0.4) is 0 Å². The van der Waals surface area contributed by atoms with Gasteiger partial charge in [-0.1, -0.05) is 23.4 Å². The van der Waals surface area contributed by atoms with Crippen LogP contribution in [0, 0.1) is 5.41 Å². The molecule has 1 atom stereocenters. The van der Waals surface area contributed by atoms with E-state index in [2.05, 4.69) is 9.97 Å². The largest absolute Gasteiger partial charge is 0.481 e. The van der Waals surface area contributed by atoms with Crippen LogP contribution in [0.1, 0.15) is 30.3 Å². The first-order valence-electron chi connectivity index (χ1n) is 6.46. The zero-order valence-electron chi connectivity index (χ0n) is 11.8. The van der Waals surface area contributed by atoms with E-state index in [4.69, 9.17) is 11.6 Å². The van der Waals surface area contributed by atoms with Gasteiger partial charge in [-0.3, -0.25) is 9.59 Å². The van der Waals surface area contributed by atoms with Gasteiger partial charge >= 0.3 is 5.97 Å². The van der Waals surface area contributed by atoms with Crippen molar-refractivity contribution in [3.63, 3.8) is 0 Å². The van der Waals surface area contributed by atoms with Crippen LogP contribution in [0.5, 0.6) is 0 Å². The lowest BCUT2D eigenvalue weighted by molar-refractivity contribution is -0.150. The maximum atomic E-state index is 12.5. The fourth-order valence-electron chi connectivity index (χ4n) is 2.34. The summed E-state index contributed by atoms with van der Waals surface area (Å²) < 4.78 is 0. The Balaban J connectivity index is 2.26. The fourth-order valence-corrected chi connectivity index (χ4v) is 2.85. The summed E-state index contributed by atoms with van der Waals surface area (Å²) >= 11 is 7.32. The van der Waals surface area contributed by atoms with Crippen molar-refractivity contribution in [3.05, 3.63) is 16.9 Å². The van der Waals surface area contributed by atoms with Gasteiger partial charge in [0.25, 0.3) is 5.91 Å². The first kappa shape index (κ1) is 16.0. The number of carbonyl (C=O) groups is 2. The lowest BCUT2D eigenvalue weighted by Crippen LogP contribution is -2.48. The highest BCUT2D eigenvalue weighted by molar-refractivity contribution is 7.98. The minimum Gasteiger partial charge on any atom is -0.481 e. The van der Waals surface area contributed by atoms with E-state index in [1.807, 2.05) is 0 Å². The summed E-state index contributed by atoms with van der Waals surface area (Å²) in [6.07, 6.45) is 4.40. The maximum absolute atomic E-state index is 12.5. The summed E-state index contributed by atoms with van der Waals surface area (Å²) in [5.41, 5.74) is -0.791. The minimum atomic E-state index is -0.921. The first-order valence-corrected chi connectivity index (χ1v) is 8.07. The second-order valence-electron chi connectivity index (χ2n) is 5.25. The number of carboxylic acids is 1. The lowest BCUT2D eigenvalue weighted by atomic mass is 9.82. The second-order valence-corrected chi connectivity index (χ2v) is 6.43. The Labute approximate surface area is 131 Å².